The summed E-state index contributed by atoms with van der Waals surface area (Å²) >= 11 is 0. The number of rotatable bonds is 3. The minimum atomic E-state index is -4.47. The fourth-order valence-corrected chi connectivity index (χ4v) is 0.699. The lowest BCUT2D eigenvalue weighted by atomic mass is 10.2. The van der Waals surface area contributed by atoms with Crippen molar-refractivity contribution < 1.29 is 22.7 Å². The number of hydrogen-bond acceptors (Lipinski definition) is 2. The van der Waals surface area contributed by atoms with Crippen LogP contribution < -0.4 is 0 Å². The van der Waals surface area contributed by atoms with Crippen LogP contribution in [0.5, 0.6) is 0 Å². The molecule has 0 radical (unpaired) electrons. The number of hydrogen-bond donors (Lipinski definition) is 0. The molecule has 0 aliphatic rings. The molecule has 6 heteroatoms. The number of halogens is 3. The van der Waals surface area contributed by atoms with Gasteiger partial charge in [0.25, 0.3) is 0 Å². The van der Waals surface area contributed by atoms with Crippen LogP contribution in [0.1, 0.15) is 20.3 Å². The first kappa shape index (κ1) is 13.1. The summed E-state index contributed by atoms with van der Waals surface area (Å²) in [5, 5.41) is 0. The Balaban J connectivity index is 3.97. The van der Waals surface area contributed by atoms with E-state index in [4.69, 9.17) is 0 Å². The zero-order chi connectivity index (χ0) is 11.4. The normalized spacial score (nSPS) is 13.6. The molecule has 1 amide bonds. The van der Waals surface area contributed by atoms with Crippen molar-refractivity contribution in [3.8, 4) is 0 Å². The molecule has 0 bridgehead atoms. The van der Waals surface area contributed by atoms with E-state index >= 15 is 0 Å². The molecule has 0 saturated heterocycles. The average Bonchev–Trinajstić information content (AvgIpc) is 2.10. The molecule has 0 spiro atoms. The number of carbonyl (C=O) groups is 1. The molecule has 0 saturated carbocycles. The molecule has 1 unspecified atom stereocenters. The molecule has 0 aromatic carbocycles. The van der Waals surface area contributed by atoms with Gasteiger partial charge in [-0.05, 0) is 13.3 Å². The summed E-state index contributed by atoms with van der Waals surface area (Å²) in [6, 6.07) is -0.129. The molecular formula is C8H14F3NO2. The Hall–Kier alpha value is -0.940. The van der Waals surface area contributed by atoms with E-state index in [9.17, 15) is 18.0 Å². The number of nitrogens with zero attached hydrogens (tertiary/aromatic N) is 1. The minimum Gasteiger partial charge on any atom is -0.440 e. The third-order valence-corrected chi connectivity index (χ3v) is 1.90. The van der Waals surface area contributed by atoms with E-state index in [0.717, 1.165) is 4.90 Å². The second kappa shape index (κ2) is 5.07. The molecule has 0 heterocycles. The van der Waals surface area contributed by atoms with Crippen molar-refractivity contribution >= 4 is 6.09 Å². The van der Waals surface area contributed by atoms with Crippen LogP contribution in [-0.4, -0.2) is 36.9 Å². The van der Waals surface area contributed by atoms with Gasteiger partial charge in [-0.2, -0.15) is 13.2 Å². The van der Waals surface area contributed by atoms with Gasteiger partial charge in [-0.15, -0.1) is 0 Å². The van der Waals surface area contributed by atoms with Gasteiger partial charge < -0.3 is 9.64 Å². The van der Waals surface area contributed by atoms with Gasteiger partial charge in [0.05, 0.1) is 0 Å². The molecule has 1 atom stereocenters. The molecular weight excluding hydrogens is 199 g/mol. The van der Waals surface area contributed by atoms with Gasteiger partial charge in [-0.25, -0.2) is 4.79 Å². The lowest BCUT2D eigenvalue weighted by molar-refractivity contribution is -0.162. The van der Waals surface area contributed by atoms with E-state index in [1.807, 2.05) is 6.92 Å². The molecule has 0 aromatic rings. The number of carbonyl (C=O) groups excluding carboxylic acids is 1. The van der Waals surface area contributed by atoms with Gasteiger partial charge in [0.2, 0.25) is 0 Å². The summed E-state index contributed by atoms with van der Waals surface area (Å²) in [5.41, 5.74) is 0. The summed E-state index contributed by atoms with van der Waals surface area (Å²) in [6.45, 7) is 2.03. The van der Waals surface area contributed by atoms with Gasteiger partial charge in [-0.1, -0.05) is 6.92 Å². The van der Waals surface area contributed by atoms with E-state index in [-0.39, 0.29) is 6.04 Å². The summed E-state index contributed by atoms with van der Waals surface area (Å²) < 4.78 is 39.1. The maximum atomic E-state index is 11.7. The molecule has 0 rings (SSSR count). The van der Waals surface area contributed by atoms with Crippen molar-refractivity contribution in [1.82, 2.24) is 4.90 Å². The molecule has 0 aliphatic carbocycles. The summed E-state index contributed by atoms with van der Waals surface area (Å²) in [7, 11) is 1.41. The molecule has 3 nitrogen and oxygen atoms in total. The van der Waals surface area contributed by atoms with Crippen molar-refractivity contribution in [1.29, 1.82) is 0 Å². The smallest absolute Gasteiger partial charge is 0.422 e. The third-order valence-electron chi connectivity index (χ3n) is 1.90. The number of alkyl halides is 3. The van der Waals surface area contributed by atoms with Crippen LogP contribution in [0.2, 0.25) is 0 Å². The van der Waals surface area contributed by atoms with Crippen molar-refractivity contribution in [3.05, 3.63) is 0 Å². The third kappa shape index (κ3) is 4.94. The first-order valence-corrected chi connectivity index (χ1v) is 4.24. The molecule has 0 N–H and O–H groups in total. The quantitative estimate of drug-likeness (QED) is 0.720. The SMILES string of the molecule is CCC(C)N(C)C(=O)OCC(F)(F)F. The van der Waals surface area contributed by atoms with E-state index in [0.29, 0.717) is 6.42 Å². The summed E-state index contributed by atoms with van der Waals surface area (Å²) in [6.07, 6.45) is -4.75. The molecule has 0 aromatic heterocycles. The van der Waals surface area contributed by atoms with E-state index in [1.54, 1.807) is 6.92 Å². The Kier molecular flexibility index (Phi) is 4.73. The van der Waals surface area contributed by atoms with E-state index < -0.39 is 18.9 Å². The maximum absolute atomic E-state index is 11.7. The van der Waals surface area contributed by atoms with Crippen LogP contribution in [0.3, 0.4) is 0 Å². The minimum absolute atomic E-state index is 0.129. The first-order chi connectivity index (χ1) is 6.28. The lowest BCUT2D eigenvalue weighted by Crippen LogP contribution is -2.36. The van der Waals surface area contributed by atoms with Gasteiger partial charge in [0.1, 0.15) is 0 Å². The average molecular weight is 213 g/mol. The fraction of sp³-hybridized carbons (Fsp3) is 0.875. The van der Waals surface area contributed by atoms with E-state index in [1.165, 1.54) is 7.05 Å². The topological polar surface area (TPSA) is 29.5 Å². The summed E-state index contributed by atoms with van der Waals surface area (Å²) in [5.74, 6) is 0. The van der Waals surface area contributed by atoms with Gasteiger partial charge in [0, 0.05) is 13.1 Å². The second-order valence-electron chi connectivity index (χ2n) is 3.04. The monoisotopic (exact) mass is 213 g/mol. The Labute approximate surface area is 80.8 Å². The number of ether oxygens (including phenoxy) is 1. The molecule has 14 heavy (non-hydrogen) atoms. The van der Waals surface area contributed by atoms with Crippen molar-refractivity contribution in [2.45, 2.75) is 32.5 Å². The van der Waals surface area contributed by atoms with Gasteiger partial charge in [-0.3, -0.25) is 0 Å². The Morgan fingerprint density at radius 2 is 2.00 bits per heavy atom. The Morgan fingerprint density at radius 1 is 1.50 bits per heavy atom. The molecule has 0 aliphatic heterocycles. The predicted molar refractivity (Wildman–Crippen MR) is 44.9 cm³/mol. The van der Waals surface area contributed by atoms with Crippen molar-refractivity contribution in [3.63, 3.8) is 0 Å². The van der Waals surface area contributed by atoms with E-state index in [2.05, 4.69) is 4.74 Å². The van der Waals surface area contributed by atoms with Gasteiger partial charge >= 0.3 is 12.3 Å². The predicted octanol–water partition coefficient (Wildman–Crippen LogP) is 2.42. The Bertz CT molecular complexity index is 194. The summed E-state index contributed by atoms with van der Waals surface area (Å²) in [4.78, 5) is 12.1. The molecule has 0 fully saturated rings. The van der Waals surface area contributed by atoms with Crippen LogP contribution in [0.25, 0.3) is 0 Å². The first-order valence-electron chi connectivity index (χ1n) is 4.24. The van der Waals surface area contributed by atoms with Crippen molar-refractivity contribution in [2.75, 3.05) is 13.7 Å². The van der Waals surface area contributed by atoms with Crippen LogP contribution in [0.15, 0.2) is 0 Å². The van der Waals surface area contributed by atoms with Crippen LogP contribution >= 0.6 is 0 Å². The zero-order valence-electron chi connectivity index (χ0n) is 8.39. The van der Waals surface area contributed by atoms with Crippen LogP contribution in [0.4, 0.5) is 18.0 Å². The van der Waals surface area contributed by atoms with Crippen molar-refractivity contribution in [2.24, 2.45) is 0 Å². The maximum Gasteiger partial charge on any atom is 0.422 e. The highest BCUT2D eigenvalue weighted by Crippen LogP contribution is 2.15. The fourth-order valence-electron chi connectivity index (χ4n) is 0.699. The highest BCUT2D eigenvalue weighted by molar-refractivity contribution is 5.67. The second-order valence-corrected chi connectivity index (χ2v) is 3.04. The molecule has 84 valence electrons. The largest absolute Gasteiger partial charge is 0.440 e. The number of amides is 1. The Morgan fingerprint density at radius 3 is 2.36 bits per heavy atom. The zero-order valence-corrected chi connectivity index (χ0v) is 8.39. The lowest BCUT2D eigenvalue weighted by Gasteiger charge is -2.23. The van der Waals surface area contributed by atoms with Crippen LogP contribution in [-0.2, 0) is 4.74 Å². The van der Waals surface area contributed by atoms with Crippen LogP contribution in [0, 0.1) is 0 Å². The highest BCUT2D eigenvalue weighted by Gasteiger charge is 2.30. The highest BCUT2D eigenvalue weighted by atomic mass is 19.4. The standard InChI is InChI=1S/C8H14F3NO2/c1-4-6(2)12(3)7(13)14-5-8(9,10)11/h6H,4-5H2,1-3H3. The van der Waals surface area contributed by atoms with Gasteiger partial charge in [0.15, 0.2) is 6.61 Å².